The summed E-state index contributed by atoms with van der Waals surface area (Å²) in [6.07, 6.45) is 13.0. The second kappa shape index (κ2) is 14.3. The van der Waals surface area contributed by atoms with Crippen LogP contribution in [0.3, 0.4) is 0 Å². The zero-order valence-electron chi connectivity index (χ0n) is 28.5. The van der Waals surface area contributed by atoms with Gasteiger partial charge in [0.05, 0.1) is 23.9 Å². The van der Waals surface area contributed by atoms with Crippen molar-refractivity contribution in [1.82, 2.24) is 24.6 Å². The Morgan fingerprint density at radius 3 is 2.66 bits per heavy atom. The third-order valence-electron chi connectivity index (χ3n) is 11.2. The monoisotopic (exact) mass is 645 g/mol. The van der Waals surface area contributed by atoms with Crippen LogP contribution in [0.15, 0.2) is 36.7 Å². The Morgan fingerprint density at radius 2 is 1.98 bits per heavy atom. The summed E-state index contributed by atoms with van der Waals surface area (Å²) >= 11 is 0. The van der Waals surface area contributed by atoms with E-state index >= 15 is 0 Å². The molecule has 1 aliphatic heterocycles. The summed E-state index contributed by atoms with van der Waals surface area (Å²) in [6.45, 7) is 9.76. The molecule has 2 aliphatic carbocycles. The molecule has 2 fully saturated rings. The van der Waals surface area contributed by atoms with E-state index in [1.54, 1.807) is 12.1 Å². The highest BCUT2D eigenvalue weighted by molar-refractivity contribution is 5.70. The molecule has 3 heterocycles. The number of hydrogen-bond donors (Lipinski definition) is 3. The van der Waals surface area contributed by atoms with Gasteiger partial charge in [0, 0.05) is 43.5 Å². The van der Waals surface area contributed by atoms with Gasteiger partial charge in [-0.3, -0.25) is 9.48 Å². The summed E-state index contributed by atoms with van der Waals surface area (Å²) in [5.41, 5.74) is 4.03. The number of likely N-dealkylation sites (tertiary alicyclic amines) is 1. The molecule has 0 radical (unpaired) electrons. The largest absolute Gasteiger partial charge is 0.481 e. The van der Waals surface area contributed by atoms with E-state index < -0.39 is 5.97 Å². The molecule has 3 aromatic rings. The second-order valence-electron chi connectivity index (χ2n) is 14.8. The molecule has 3 N–H and O–H groups in total. The maximum atomic E-state index is 14.4. The number of rotatable bonds is 11. The lowest BCUT2D eigenvalue weighted by molar-refractivity contribution is -0.143. The van der Waals surface area contributed by atoms with Crippen LogP contribution in [0, 0.1) is 23.6 Å². The predicted molar refractivity (Wildman–Crippen MR) is 183 cm³/mol. The third kappa shape index (κ3) is 7.79. The number of aromatic nitrogens is 4. The van der Waals surface area contributed by atoms with E-state index in [9.17, 15) is 14.3 Å². The van der Waals surface area contributed by atoms with E-state index in [4.69, 9.17) is 9.97 Å². The Labute approximate surface area is 278 Å². The highest BCUT2D eigenvalue weighted by atomic mass is 19.1. The number of aryl methyl sites for hydroxylation is 2. The number of carbonyl (C=O) groups is 1. The number of aliphatic carboxylic acids is 1. The molecule has 0 spiro atoms. The lowest BCUT2D eigenvalue weighted by Gasteiger charge is -2.38. The number of piperidine rings is 1. The predicted octanol–water partition coefficient (Wildman–Crippen LogP) is 6.76. The number of anilines is 2. The van der Waals surface area contributed by atoms with E-state index in [1.807, 2.05) is 24.0 Å². The van der Waals surface area contributed by atoms with Crippen molar-refractivity contribution >= 4 is 17.7 Å². The van der Waals surface area contributed by atoms with Crippen LogP contribution in [0.4, 0.5) is 16.2 Å². The molecule has 1 saturated carbocycles. The van der Waals surface area contributed by atoms with Crippen molar-refractivity contribution in [1.29, 1.82) is 0 Å². The molecule has 0 unspecified atom stereocenters. The van der Waals surface area contributed by atoms with Gasteiger partial charge in [-0.15, -0.1) is 0 Å². The van der Waals surface area contributed by atoms with Crippen LogP contribution in [0.1, 0.15) is 101 Å². The summed E-state index contributed by atoms with van der Waals surface area (Å²) in [5.74, 6) is 1.40. The number of carboxylic acids is 1. The van der Waals surface area contributed by atoms with Crippen LogP contribution in [0.25, 0.3) is 0 Å². The standard InChI is InChI=1S/C37H52FN7O2/c1-5-31(25-11-13-26(14-12-25)35(46)47)41-36-42-32-15-16-37(3,28-9-6-10-29(38)18-28)19-30(32)34(43-36)40-33(27-20-39-44(4)22-27)23-45-17-7-8-24(2)21-45/h6,9-10,18,20,22,24-26,31,33H,5,7-8,11-17,19,21,23H2,1-4H3,(H,46,47)(H2,40,41,42,43)/t24-,25?,26?,31+,33+,37+/m0/s1. The summed E-state index contributed by atoms with van der Waals surface area (Å²) in [5, 5.41) is 21.7. The fraction of sp³-hybridized carbons (Fsp3) is 0.622. The quantitative estimate of drug-likeness (QED) is 0.210. The van der Waals surface area contributed by atoms with Crippen LogP contribution >= 0.6 is 0 Å². The second-order valence-corrected chi connectivity index (χ2v) is 14.8. The first-order valence-corrected chi connectivity index (χ1v) is 17.7. The SMILES string of the molecule is CC[C@@H](Nc1nc2c(c(N[C@H](CN3CCC[C@H](C)C3)c3cnn(C)c3)n1)C[C@](C)(c1cccc(F)c1)CC2)C1CCC(C(=O)O)CC1. The summed E-state index contributed by atoms with van der Waals surface area (Å²) < 4.78 is 16.3. The van der Waals surface area contributed by atoms with Gasteiger partial charge >= 0.3 is 5.97 Å². The molecule has 47 heavy (non-hydrogen) atoms. The highest BCUT2D eigenvalue weighted by Crippen LogP contribution is 2.42. The highest BCUT2D eigenvalue weighted by Gasteiger charge is 2.36. The van der Waals surface area contributed by atoms with Crippen molar-refractivity contribution in [2.75, 3.05) is 30.3 Å². The van der Waals surface area contributed by atoms with Crippen LogP contribution < -0.4 is 10.6 Å². The smallest absolute Gasteiger partial charge is 0.306 e. The van der Waals surface area contributed by atoms with E-state index in [0.717, 1.165) is 92.8 Å². The maximum Gasteiger partial charge on any atom is 0.306 e. The first kappa shape index (κ1) is 33.4. The molecular weight excluding hydrogens is 593 g/mol. The van der Waals surface area contributed by atoms with Crippen molar-refractivity contribution in [2.24, 2.45) is 24.8 Å². The van der Waals surface area contributed by atoms with Gasteiger partial charge in [0.2, 0.25) is 5.95 Å². The number of carboxylic acid groups (broad SMARTS) is 1. The average Bonchev–Trinajstić information content (AvgIpc) is 3.50. The van der Waals surface area contributed by atoms with Gasteiger partial charge in [-0.1, -0.05) is 32.9 Å². The average molecular weight is 646 g/mol. The van der Waals surface area contributed by atoms with E-state index in [-0.39, 0.29) is 29.2 Å². The number of benzene rings is 1. The van der Waals surface area contributed by atoms with Gasteiger partial charge in [0.15, 0.2) is 0 Å². The lowest BCUT2D eigenvalue weighted by Crippen LogP contribution is -2.39. The first-order valence-electron chi connectivity index (χ1n) is 17.7. The number of halogens is 1. The number of nitrogens with zero attached hydrogens (tertiary/aromatic N) is 5. The van der Waals surface area contributed by atoms with Crippen molar-refractivity contribution in [3.63, 3.8) is 0 Å². The minimum Gasteiger partial charge on any atom is -0.481 e. The molecule has 0 bridgehead atoms. The lowest BCUT2D eigenvalue weighted by atomic mass is 9.70. The van der Waals surface area contributed by atoms with Gasteiger partial charge in [-0.05, 0) is 106 Å². The molecule has 1 saturated heterocycles. The van der Waals surface area contributed by atoms with E-state index in [2.05, 4.69) is 47.6 Å². The zero-order chi connectivity index (χ0) is 33.1. The summed E-state index contributed by atoms with van der Waals surface area (Å²) in [4.78, 5) is 24.5. The van der Waals surface area contributed by atoms with Gasteiger partial charge < -0.3 is 20.6 Å². The Balaban J connectivity index is 1.33. The molecule has 254 valence electrons. The Bertz CT molecular complexity index is 1540. The minimum atomic E-state index is -0.675. The first-order chi connectivity index (χ1) is 22.6. The topological polar surface area (TPSA) is 108 Å². The molecule has 6 rings (SSSR count). The van der Waals surface area contributed by atoms with E-state index in [0.29, 0.717) is 24.2 Å². The number of hydrogen-bond acceptors (Lipinski definition) is 7. The Hall–Kier alpha value is -3.53. The Kier molecular flexibility index (Phi) is 10.2. The normalized spacial score (nSPS) is 26.3. The van der Waals surface area contributed by atoms with Crippen LogP contribution in [0.5, 0.6) is 0 Å². The maximum absolute atomic E-state index is 14.4. The van der Waals surface area contributed by atoms with Crippen molar-refractivity contribution < 1.29 is 14.3 Å². The molecule has 3 aliphatic rings. The molecule has 9 nitrogen and oxygen atoms in total. The fourth-order valence-electron chi connectivity index (χ4n) is 8.31. The summed E-state index contributed by atoms with van der Waals surface area (Å²) in [7, 11) is 1.96. The minimum absolute atomic E-state index is 0.0172. The van der Waals surface area contributed by atoms with Gasteiger partial charge in [-0.25, -0.2) is 9.37 Å². The molecular formula is C37H52FN7O2. The van der Waals surface area contributed by atoms with Gasteiger partial charge in [0.25, 0.3) is 0 Å². The van der Waals surface area contributed by atoms with Crippen LogP contribution in [-0.2, 0) is 30.1 Å². The molecule has 1 aromatic carbocycles. The fourth-order valence-corrected chi connectivity index (χ4v) is 8.31. The van der Waals surface area contributed by atoms with Gasteiger partial charge in [0.1, 0.15) is 11.6 Å². The Morgan fingerprint density at radius 1 is 1.17 bits per heavy atom. The molecule has 10 heteroatoms. The summed E-state index contributed by atoms with van der Waals surface area (Å²) in [6, 6.07) is 7.18. The third-order valence-corrected chi connectivity index (χ3v) is 11.2. The van der Waals surface area contributed by atoms with Crippen LogP contribution in [0.2, 0.25) is 0 Å². The zero-order valence-corrected chi connectivity index (χ0v) is 28.5. The van der Waals surface area contributed by atoms with Crippen molar-refractivity contribution in [3.05, 3.63) is 64.9 Å². The molecule has 4 atom stereocenters. The number of fused-ring (bicyclic) bond motifs is 1. The van der Waals surface area contributed by atoms with Gasteiger partial charge in [-0.2, -0.15) is 10.1 Å². The number of nitrogens with one attached hydrogen (secondary N) is 2. The molecule has 2 aromatic heterocycles. The van der Waals surface area contributed by atoms with E-state index in [1.165, 1.54) is 18.9 Å². The van der Waals surface area contributed by atoms with Crippen molar-refractivity contribution in [2.45, 2.75) is 102 Å². The van der Waals surface area contributed by atoms with Crippen LogP contribution in [-0.4, -0.2) is 61.4 Å². The molecule has 0 amide bonds. The van der Waals surface area contributed by atoms with Crippen molar-refractivity contribution in [3.8, 4) is 0 Å².